The van der Waals surface area contributed by atoms with Gasteiger partial charge in [-0.25, -0.2) is 8.78 Å². The summed E-state index contributed by atoms with van der Waals surface area (Å²) in [5, 5.41) is 3.54. The van der Waals surface area contributed by atoms with Gasteiger partial charge in [-0.15, -0.1) is 0 Å². The lowest BCUT2D eigenvalue weighted by Crippen LogP contribution is -2.42. The molecule has 3 heteroatoms. The van der Waals surface area contributed by atoms with E-state index < -0.39 is 11.6 Å². The molecule has 1 aromatic carbocycles. The van der Waals surface area contributed by atoms with Crippen molar-refractivity contribution in [3.05, 3.63) is 35.4 Å². The molecule has 0 aromatic heterocycles. The number of benzene rings is 1. The van der Waals surface area contributed by atoms with Crippen LogP contribution in [0.15, 0.2) is 18.2 Å². The number of rotatable bonds is 4. The summed E-state index contributed by atoms with van der Waals surface area (Å²) in [5.41, 5.74) is 0.199. The smallest absolute Gasteiger partial charge is 0.129 e. The van der Waals surface area contributed by atoms with Crippen molar-refractivity contribution in [2.45, 2.75) is 58.5 Å². The second-order valence-corrected chi connectivity index (χ2v) is 6.44. The van der Waals surface area contributed by atoms with Crippen molar-refractivity contribution in [1.29, 1.82) is 0 Å². The zero-order valence-electron chi connectivity index (χ0n) is 12.6. The van der Waals surface area contributed by atoms with E-state index in [0.717, 1.165) is 24.7 Å². The van der Waals surface area contributed by atoms with Crippen LogP contribution in [0, 0.1) is 23.5 Å². The summed E-state index contributed by atoms with van der Waals surface area (Å²) in [7, 11) is 0. The maximum Gasteiger partial charge on any atom is 0.129 e. The molecular formula is C17H25F2N. The molecule has 1 aliphatic rings. The third-order valence-corrected chi connectivity index (χ3v) is 4.69. The molecule has 2 rings (SSSR count). The molecule has 1 fully saturated rings. The molecule has 0 spiro atoms. The highest BCUT2D eigenvalue weighted by Crippen LogP contribution is 2.29. The van der Waals surface area contributed by atoms with Crippen LogP contribution in [0.3, 0.4) is 0 Å². The predicted molar refractivity (Wildman–Crippen MR) is 78.6 cm³/mol. The van der Waals surface area contributed by atoms with Gasteiger partial charge in [-0.2, -0.15) is 0 Å². The largest absolute Gasteiger partial charge is 0.311 e. The Morgan fingerprint density at radius 1 is 1.15 bits per heavy atom. The second-order valence-electron chi connectivity index (χ2n) is 6.44. The topological polar surface area (TPSA) is 12.0 Å². The van der Waals surface area contributed by atoms with Crippen LogP contribution in [0.5, 0.6) is 0 Å². The van der Waals surface area contributed by atoms with E-state index in [2.05, 4.69) is 19.2 Å². The zero-order chi connectivity index (χ0) is 14.7. The first kappa shape index (κ1) is 15.4. The summed E-state index contributed by atoms with van der Waals surface area (Å²) in [6, 6.07) is 4.64. The maximum absolute atomic E-state index is 13.6. The zero-order valence-corrected chi connectivity index (χ0v) is 12.6. The SMILES string of the molecule is CC(Cc1c(F)cccc1F)NC1CCC(C)C(C)C1. The van der Waals surface area contributed by atoms with Gasteiger partial charge in [-0.3, -0.25) is 0 Å². The van der Waals surface area contributed by atoms with E-state index in [1.807, 2.05) is 6.92 Å². The Morgan fingerprint density at radius 2 is 1.80 bits per heavy atom. The number of hydrogen-bond acceptors (Lipinski definition) is 1. The molecule has 1 saturated carbocycles. The molecular weight excluding hydrogens is 256 g/mol. The Balaban J connectivity index is 1.91. The van der Waals surface area contributed by atoms with E-state index in [1.165, 1.54) is 24.6 Å². The number of halogens is 2. The van der Waals surface area contributed by atoms with Crippen LogP contribution in [0.4, 0.5) is 8.78 Å². The van der Waals surface area contributed by atoms with Gasteiger partial charge in [0, 0.05) is 17.6 Å². The van der Waals surface area contributed by atoms with Crippen molar-refractivity contribution in [1.82, 2.24) is 5.32 Å². The quantitative estimate of drug-likeness (QED) is 0.867. The first-order valence-corrected chi connectivity index (χ1v) is 7.66. The Kier molecular flexibility index (Phi) is 5.14. The molecule has 4 unspecified atom stereocenters. The molecule has 1 aromatic rings. The first-order valence-electron chi connectivity index (χ1n) is 7.66. The van der Waals surface area contributed by atoms with Crippen LogP contribution in [0.25, 0.3) is 0 Å². The van der Waals surface area contributed by atoms with Crippen molar-refractivity contribution in [2.24, 2.45) is 11.8 Å². The summed E-state index contributed by atoms with van der Waals surface area (Å²) in [4.78, 5) is 0. The van der Waals surface area contributed by atoms with Crippen molar-refractivity contribution in [2.75, 3.05) is 0 Å². The van der Waals surface area contributed by atoms with E-state index >= 15 is 0 Å². The highest BCUT2D eigenvalue weighted by molar-refractivity contribution is 5.20. The van der Waals surface area contributed by atoms with Gasteiger partial charge in [0.1, 0.15) is 11.6 Å². The molecule has 1 N–H and O–H groups in total. The van der Waals surface area contributed by atoms with E-state index in [4.69, 9.17) is 0 Å². The minimum atomic E-state index is -0.440. The van der Waals surface area contributed by atoms with E-state index in [-0.39, 0.29) is 11.6 Å². The lowest BCUT2D eigenvalue weighted by Gasteiger charge is -2.34. The van der Waals surface area contributed by atoms with Crippen LogP contribution < -0.4 is 5.32 Å². The number of hydrogen-bond donors (Lipinski definition) is 1. The standard InChI is InChI=1S/C17H25F2N/c1-11-7-8-14(9-12(11)2)20-13(3)10-15-16(18)5-4-6-17(15)19/h4-6,11-14,20H,7-10H2,1-3H3. The molecule has 20 heavy (non-hydrogen) atoms. The van der Waals surface area contributed by atoms with Gasteiger partial charge in [-0.1, -0.05) is 19.9 Å². The van der Waals surface area contributed by atoms with Gasteiger partial charge < -0.3 is 5.32 Å². The first-order chi connectivity index (χ1) is 9.47. The summed E-state index contributed by atoms with van der Waals surface area (Å²) < 4.78 is 27.3. The summed E-state index contributed by atoms with van der Waals surface area (Å²) in [5.74, 6) is 0.625. The molecule has 0 bridgehead atoms. The average molecular weight is 281 g/mol. The maximum atomic E-state index is 13.6. The third-order valence-electron chi connectivity index (χ3n) is 4.69. The monoisotopic (exact) mass is 281 g/mol. The van der Waals surface area contributed by atoms with Crippen molar-refractivity contribution in [3.63, 3.8) is 0 Å². The highest BCUT2D eigenvalue weighted by Gasteiger charge is 2.25. The minimum absolute atomic E-state index is 0.0898. The fourth-order valence-electron chi connectivity index (χ4n) is 3.19. The van der Waals surface area contributed by atoms with Crippen LogP contribution in [0.1, 0.15) is 45.6 Å². The molecule has 0 aliphatic heterocycles. The third kappa shape index (κ3) is 3.78. The normalized spacial score (nSPS) is 28.4. The summed E-state index contributed by atoms with van der Waals surface area (Å²) >= 11 is 0. The fraction of sp³-hybridized carbons (Fsp3) is 0.647. The van der Waals surface area contributed by atoms with Gasteiger partial charge in [0.05, 0.1) is 0 Å². The van der Waals surface area contributed by atoms with Crippen LogP contribution in [0.2, 0.25) is 0 Å². The van der Waals surface area contributed by atoms with Crippen molar-refractivity contribution < 1.29 is 8.78 Å². The van der Waals surface area contributed by atoms with Crippen LogP contribution in [-0.4, -0.2) is 12.1 Å². The fourth-order valence-corrected chi connectivity index (χ4v) is 3.19. The van der Waals surface area contributed by atoms with Gasteiger partial charge in [0.2, 0.25) is 0 Å². The summed E-state index contributed by atoms with van der Waals surface area (Å²) in [6.45, 7) is 6.60. The van der Waals surface area contributed by atoms with Crippen molar-refractivity contribution in [3.8, 4) is 0 Å². The van der Waals surface area contributed by atoms with Crippen LogP contribution in [-0.2, 0) is 6.42 Å². The van der Waals surface area contributed by atoms with Crippen LogP contribution >= 0.6 is 0 Å². The molecule has 0 heterocycles. The molecule has 1 aliphatic carbocycles. The van der Waals surface area contributed by atoms with Gasteiger partial charge >= 0.3 is 0 Å². The molecule has 4 atom stereocenters. The molecule has 0 saturated heterocycles. The summed E-state index contributed by atoms with van der Waals surface area (Å²) in [6.07, 6.45) is 3.96. The van der Waals surface area contributed by atoms with Crippen molar-refractivity contribution >= 4 is 0 Å². The molecule has 1 nitrogen and oxygen atoms in total. The lowest BCUT2D eigenvalue weighted by atomic mass is 9.79. The van der Waals surface area contributed by atoms with E-state index in [1.54, 1.807) is 0 Å². The van der Waals surface area contributed by atoms with Gasteiger partial charge in [0.25, 0.3) is 0 Å². The van der Waals surface area contributed by atoms with Gasteiger partial charge in [0.15, 0.2) is 0 Å². The Morgan fingerprint density at radius 3 is 2.40 bits per heavy atom. The average Bonchev–Trinajstić information content (AvgIpc) is 2.38. The Bertz CT molecular complexity index is 426. The lowest BCUT2D eigenvalue weighted by molar-refractivity contribution is 0.216. The minimum Gasteiger partial charge on any atom is -0.311 e. The molecule has 112 valence electrons. The second kappa shape index (κ2) is 6.66. The van der Waals surface area contributed by atoms with E-state index in [9.17, 15) is 8.78 Å². The predicted octanol–water partition coefficient (Wildman–Crippen LogP) is 4.31. The number of nitrogens with one attached hydrogen (secondary N) is 1. The highest BCUT2D eigenvalue weighted by atomic mass is 19.1. The van der Waals surface area contributed by atoms with E-state index in [0.29, 0.717) is 12.5 Å². The molecule has 0 amide bonds. The van der Waals surface area contributed by atoms with Gasteiger partial charge in [-0.05, 0) is 56.6 Å². The molecule has 0 radical (unpaired) electrons. The Labute approximate surface area is 120 Å². The Hall–Kier alpha value is -0.960.